The minimum absolute atomic E-state index is 0.0616. The van der Waals surface area contributed by atoms with Crippen LogP contribution in [0.25, 0.3) is 0 Å². The van der Waals surface area contributed by atoms with Crippen molar-refractivity contribution in [3.05, 3.63) is 28.0 Å². The van der Waals surface area contributed by atoms with Crippen LogP contribution >= 0.6 is 23.2 Å². The van der Waals surface area contributed by atoms with E-state index < -0.39 is 30.5 Å². The van der Waals surface area contributed by atoms with Crippen LogP contribution in [0.1, 0.15) is 23.3 Å². The lowest BCUT2D eigenvalue weighted by atomic mass is 9.90. The van der Waals surface area contributed by atoms with Crippen molar-refractivity contribution in [3.8, 4) is 0 Å². The molecule has 1 aliphatic rings. The van der Waals surface area contributed by atoms with Crippen molar-refractivity contribution in [2.24, 2.45) is 0 Å². The lowest BCUT2D eigenvalue weighted by Gasteiger charge is -2.39. The van der Waals surface area contributed by atoms with Crippen LogP contribution in [0.2, 0.25) is 10.2 Å². The van der Waals surface area contributed by atoms with Gasteiger partial charge in [-0.3, -0.25) is 4.79 Å². The van der Waals surface area contributed by atoms with Gasteiger partial charge >= 0.3 is 6.18 Å². The molecule has 1 N–H and O–H groups in total. The van der Waals surface area contributed by atoms with Gasteiger partial charge in [-0.25, -0.2) is 4.98 Å². The van der Waals surface area contributed by atoms with E-state index in [1.807, 2.05) is 0 Å². The van der Waals surface area contributed by atoms with Crippen molar-refractivity contribution >= 4 is 29.1 Å². The zero-order valence-electron chi connectivity index (χ0n) is 10.6. The molecule has 0 spiro atoms. The molecule has 0 aromatic carbocycles. The van der Waals surface area contributed by atoms with Crippen molar-refractivity contribution < 1.29 is 23.1 Å². The molecule has 0 atom stereocenters. The molecule has 0 aliphatic carbocycles. The number of alkyl halides is 3. The van der Waals surface area contributed by atoms with Gasteiger partial charge in [-0.1, -0.05) is 23.2 Å². The molecule has 1 fully saturated rings. The summed E-state index contributed by atoms with van der Waals surface area (Å²) in [6.07, 6.45) is -5.88. The first kappa shape index (κ1) is 16.3. The Morgan fingerprint density at radius 3 is 2.38 bits per heavy atom. The Morgan fingerprint density at radius 2 is 1.86 bits per heavy atom. The Hall–Kier alpha value is -1.05. The zero-order chi connectivity index (χ0) is 15.8. The summed E-state index contributed by atoms with van der Waals surface area (Å²) in [6.45, 7) is -0.473. The van der Waals surface area contributed by atoms with Gasteiger partial charge in [0.15, 0.2) is 5.60 Å². The van der Waals surface area contributed by atoms with Crippen LogP contribution in [0.3, 0.4) is 0 Å². The van der Waals surface area contributed by atoms with Crippen LogP contribution in [0.5, 0.6) is 0 Å². The van der Waals surface area contributed by atoms with E-state index in [2.05, 4.69) is 4.98 Å². The van der Waals surface area contributed by atoms with Crippen LogP contribution in [-0.2, 0) is 0 Å². The van der Waals surface area contributed by atoms with Crippen LogP contribution in [0, 0.1) is 0 Å². The van der Waals surface area contributed by atoms with Crippen molar-refractivity contribution in [1.29, 1.82) is 0 Å². The Kier molecular flexibility index (Phi) is 4.37. The molecule has 0 unspecified atom stereocenters. The lowest BCUT2D eigenvalue weighted by Crippen LogP contribution is -2.54. The van der Waals surface area contributed by atoms with Gasteiger partial charge in [0, 0.05) is 25.9 Å². The van der Waals surface area contributed by atoms with E-state index in [0.29, 0.717) is 0 Å². The fourth-order valence-electron chi connectivity index (χ4n) is 2.08. The average molecular weight is 343 g/mol. The van der Waals surface area contributed by atoms with Gasteiger partial charge in [-0.2, -0.15) is 13.2 Å². The minimum atomic E-state index is -4.71. The Morgan fingerprint density at radius 1 is 1.29 bits per heavy atom. The normalized spacial score (nSPS) is 18.7. The van der Waals surface area contributed by atoms with Gasteiger partial charge in [0.05, 0.1) is 5.02 Å². The van der Waals surface area contributed by atoms with Gasteiger partial charge in [-0.05, 0) is 12.1 Å². The first-order valence-electron chi connectivity index (χ1n) is 6.04. The molecule has 1 saturated heterocycles. The predicted molar refractivity (Wildman–Crippen MR) is 70.4 cm³/mol. The molecule has 1 amide bonds. The largest absolute Gasteiger partial charge is 0.417 e. The summed E-state index contributed by atoms with van der Waals surface area (Å²) in [5.74, 6) is -0.605. The third-order valence-electron chi connectivity index (χ3n) is 3.42. The summed E-state index contributed by atoms with van der Waals surface area (Å²) < 4.78 is 38.1. The lowest BCUT2D eigenvalue weighted by molar-refractivity contribution is -0.271. The van der Waals surface area contributed by atoms with E-state index in [0.717, 1.165) is 0 Å². The molecular formula is C12H11Cl2F3N2O2. The summed E-state index contributed by atoms with van der Waals surface area (Å²) >= 11 is 11.5. The molecule has 1 aromatic rings. The Balaban J connectivity index is 2.12. The fourth-order valence-corrected chi connectivity index (χ4v) is 2.41. The highest BCUT2D eigenvalue weighted by Gasteiger charge is 2.55. The number of halogens is 5. The maximum Gasteiger partial charge on any atom is 0.417 e. The molecule has 21 heavy (non-hydrogen) atoms. The van der Waals surface area contributed by atoms with Gasteiger partial charge in [-0.15, -0.1) is 0 Å². The summed E-state index contributed by atoms with van der Waals surface area (Å²) in [5.41, 5.74) is -2.86. The molecule has 2 rings (SSSR count). The average Bonchev–Trinajstić information content (AvgIpc) is 2.40. The number of aromatic nitrogens is 1. The van der Waals surface area contributed by atoms with Gasteiger partial charge in [0.2, 0.25) is 0 Å². The molecule has 9 heteroatoms. The molecule has 1 aromatic heterocycles. The van der Waals surface area contributed by atoms with Crippen LogP contribution in [0.15, 0.2) is 12.1 Å². The maximum absolute atomic E-state index is 12.7. The predicted octanol–water partition coefficient (Wildman–Crippen LogP) is 2.92. The molecule has 0 saturated carbocycles. The van der Waals surface area contributed by atoms with Crippen molar-refractivity contribution in [2.75, 3.05) is 13.1 Å². The summed E-state index contributed by atoms with van der Waals surface area (Å²) in [6, 6.07) is 2.79. The topological polar surface area (TPSA) is 53.4 Å². The number of hydrogen-bond donors (Lipinski definition) is 1. The third kappa shape index (κ3) is 3.25. The number of likely N-dealkylation sites (tertiary alicyclic amines) is 1. The van der Waals surface area contributed by atoms with E-state index in [-0.39, 0.29) is 29.0 Å². The Bertz CT molecular complexity index is 558. The van der Waals surface area contributed by atoms with E-state index >= 15 is 0 Å². The number of piperidine rings is 1. The number of carbonyl (C=O) groups is 1. The molecule has 0 radical (unpaired) electrons. The number of nitrogens with zero attached hydrogens (tertiary/aromatic N) is 2. The summed E-state index contributed by atoms with van der Waals surface area (Å²) in [7, 11) is 0. The quantitative estimate of drug-likeness (QED) is 0.798. The standard InChI is InChI=1S/C12H11Cl2F3N2O2/c13-7-1-2-8(14)18-9(7)10(20)19-5-3-11(21,4-6-19)12(15,16)17/h1-2,21H,3-6H2. The van der Waals surface area contributed by atoms with E-state index in [1.165, 1.54) is 17.0 Å². The van der Waals surface area contributed by atoms with Crippen LogP contribution < -0.4 is 0 Å². The second-order valence-corrected chi connectivity index (χ2v) is 5.58. The number of amides is 1. The van der Waals surface area contributed by atoms with Gasteiger partial charge in [0.1, 0.15) is 10.8 Å². The third-order valence-corrected chi connectivity index (χ3v) is 3.94. The summed E-state index contributed by atoms with van der Waals surface area (Å²) in [4.78, 5) is 17.2. The van der Waals surface area contributed by atoms with Crippen molar-refractivity contribution in [3.63, 3.8) is 0 Å². The van der Waals surface area contributed by atoms with Gasteiger partial charge in [0.25, 0.3) is 5.91 Å². The van der Waals surface area contributed by atoms with Crippen LogP contribution in [-0.4, -0.2) is 45.8 Å². The smallest absolute Gasteiger partial charge is 0.380 e. The van der Waals surface area contributed by atoms with Crippen molar-refractivity contribution in [2.45, 2.75) is 24.6 Å². The maximum atomic E-state index is 12.7. The number of pyridine rings is 1. The van der Waals surface area contributed by atoms with E-state index in [1.54, 1.807) is 0 Å². The van der Waals surface area contributed by atoms with Crippen molar-refractivity contribution in [1.82, 2.24) is 9.88 Å². The molecule has 2 heterocycles. The molecular weight excluding hydrogens is 332 g/mol. The fraction of sp³-hybridized carbons (Fsp3) is 0.500. The minimum Gasteiger partial charge on any atom is -0.380 e. The molecule has 4 nitrogen and oxygen atoms in total. The SMILES string of the molecule is O=C(c1nc(Cl)ccc1Cl)N1CCC(O)(C(F)(F)F)CC1. The monoisotopic (exact) mass is 342 g/mol. The Labute approximate surface area is 128 Å². The van der Waals surface area contributed by atoms with Gasteiger partial charge < -0.3 is 10.0 Å². The summed E-state index contributed by atoms with van der Waals surface area (Å²) in [5, 5.41) is 9.68. The first-order chi connectivity index (χ1) is 9.64. The number of rotatable bonds is 1. The molecule has 116 valence electrons. The first-order valence-corrected chi connectivity index (χ1v) is 6.80. The van der Waals surface area contributed by atoms with E-state index in [4.69, 9.17) is 23.2 Å². The highest BCUT2D eigenvalue weighted by Crippen LogP contribution is 2.38. The van der Waals surface area contributed by atoms with Crippen LogP contribution in [0.4, 0.5) is 13.2 Å². The highest BCUT2D eigenvalue weighted by molar-refractivity contribution is 6.34. The number of aliphatic hydroxyl groups is 1. The number of hydrogen-bond acceptors (Lipinski definition) is 3. The molecule has 1 aliphatic heterocycles. The second-order valence-electron chi connectivity index (χ2n) is 4.79. The highest BCUT2D eigenvalue weighted by atomic mass is 35.5. The van der Waals surface area contributed by atoms with E-state index in [9.17, 15) is 23.1 Å². The molecule has 0 bridgehead atoms. The zero-order valence-corrected chi connectivity index (χ0v) is 12.1. The second kappa shape index (κ2) is 5.62. The number of carbonyl (C=O) groups excluding carboxylic acids is 1.